The van der Waals surface area contributed by atoms with Crippen molar-refractivity contribution in [2.45, 2.75) is 12.8 Å². The Hall–Kier alpha value is -2.57. The maximum absolute atomic E-state index is 13.2. The summed E-state index contributed by atoms with van der Waals surface area (Å²) in [6.07, 6.45) is 1.54. The molecule has 0 spiro atoms. The summed E-state index contributed by atoms with van der Waals surface area (Å²) in [7, 11) is 1.35. The normalized spacial score (nSPS) is 10.5. The molecular formula is C14H13F2NO4. The number of fused-ring (bicyclic) bond motifs is 1. The highest BCUT2D eigenvalue weighted by molar-refractivity contribution is 5.83. The molecule has 112 valence electrons. The number of carbonyl (C=O) groups is 2. The summed E-state index contributed by atoms with van der Waals surface area (Å²) in [5, 5.41) is 8.89. The molecule has 7 heteroatoms. The maximum atomic E-state index is 13.2. The lowest BCUT2D eigenvalue weighted by Crippen LogP contribution is -2.25. The van der Waals surface area contributed by atoms with E-state index in [0.29, 0.717) is 10.9 Å². The number of alkyl halides is 2. The molecule has 0 aliphatic carbocycles. The largest absolute Gasteiger partial charge is 0.477 e. The van der Waals surface area contributed by atoms with Gasteiger partial charge in [-0.2, -0.15) is 8.78 Å². The summed E-state index contributed by atoms with van der Waals surface area (Å²) in [5.41, 5.74) is 0.00735. The van der Waals surface area contributed by atoms with Crippen LogP contribution in [-0.4, -0.2) is 29.1 Å². The topological polar surface area (TPSA) is 76.5 Å². The van der Waals surface area contributed by atoms with Crippen LogP contribution in [0.5, 0.6) is 0 Å². The number of halogens is 2. The van der Waals surface area contributed by atoms with Gasteiger partial charge in [0.15, 0.2) is 0 Å². The number of esters is 1. The number of hydrogen-bond acceptors (Lipinski definition) is 4. The molecule has 0 atom stereocenters. The van der Waals surface area contributed by atoms with E-state index in [-0.39, 0.29) is 5.97 Å². The Morgan fingerprint density at radius 2 is 1.90 bits per heavy atom. The molecule has 0 aliphatic heterocycles. The fraction of sp³-hybridized carbons (Fsp3) is 0.214. The van der Waals surface area contributed by atoms with Crippen molar-refractivity contribution >= 4 is 22.8 Å². The van der Waals surface area contributed by atoms with Gasteiger partial charge in [-0.3, -0.25) is 9.78 Å². The molecule has 0 bridgehead atoms. The van der Waals surface area contributed by atoms with Gasteiger partial charge in [0.1, 0.15) is 0 Å². The molecule has 1 N–H and O–H groups in total. The van der Waals surface area contributed by atoms with E-state index in [1.165, 1.54) is 26.3 Å². The van der Waals surface area contributed by atoms with Crippen molar-refractivity contribution in [3.63, 3.8) is 0 Å². The van der Waals surface area contributed by atoms with E-state index >= 15 is 0 Å². The second kappa shape index (κ2) is 6.74. The van der Waals surface area contributed by atoms with E-state index in [9.17, 15) is 18.4 Å². The van der Waals surface area contributed by atoms with E-state index in [1.807, 2.05) is 0 Å². The van der Waals surface area contributed by atoms with Gasteiger partial charge < -0.3 is 9.84 Å². The van der Waals surface area contributed by atoms with Crippen molar-refractivity contribution in [3.8, 4) is 0 Å². The zero-order chi connectivity index (χ0) is 16.0. The van der Waals surface area contributed by atoms with Crippen LogP contribution in [0.2, 0.25) is 0 Å². The summed E-state index contributed by atoms with van der Waals surface area (Å²) in [4.78, 5) is 23.9. The zero-order valence-corrected chi connectivity index (χ0v) is 11.3. The van der Waals surface area contributed by atoms with Crippen LogP contribution in [0.1, 0.15) is 12.5 Å². The number of carboxylic acid groups (broad SMARTS) is 1. The van der Waals surface area contributed by atoms with Crippen molar-refractivity contribution in [2.24, 2.45) is 0 Å². The van der Waals surface area contributed by atoms with Gasteiger partial charge in [0.2, 0.25) is 0 Å². The Kier molecular flexibility index (Phi) is 5.29. The van der Waals surface area contributed by atoms with Gasteiger partial charge in [-0.1, -0.05) is 12.1 Å². The minimum absolute atomic E-state index is 0.245. The number of aliphatic carboxylic acids is 1. The quantitative estimate of drug-likeness (QED) is 0.862. The summed E-state index contributed by atoms with van der Waals surface area (Å²) < 4.78 is 30.5. The second-order valence-electron chi connectivity index (χ2n) is 3.99. The Bertz CT molecular complexity index is 658. The number of rotatable bonds is 2. The number of pyridine rings is 1. The van der Waals surface area contributed by atoms with Gasteiger partial charge in [-0.15, -0.1) is 0 Å². The zero-order valence-electron chi connectivity index (χ0n) is 11.3. The smallest absolute Gasteiger partial charge is 0.379 e. The van der Waals surface area contributed by atoms with Crippen LogP contribution >= 0.6 is 0 Å². The number of hydrogen-bond donors (Lipinski definition) is 1. The second-order valence-corrected chi connectivity index (χ2v) is 3.99. The first-order valence-corrected chi connectivity index (χ1v) is 5.80. The molecule has 1 heterocycles. The van der Waals surface area contributed by atoms with Crippen LogP contribution < -0.4 is 0 Å². The van der Waals surface area contributed by atoms with Gasteiger partial charge >= 0.3 is 17.9 Å². The van der Waals surface area contributed by atoms with Gasteiger partial charge in [-0.25, -0.2) is 4.79 Å². The highest BCUT2D eigenvalue weighted by atomic mass is 19.3. The number of carbonyl (C=O) groups excluding carboxylic acids is 1. The average molecular weight is 297 g/mol. The number of ether oxygens (including phenoxy) is 1. The molecule has 0 amide bonds. The predicted molar refractivity (Wildman–Crippen MR) is 71.0 cm³/mol. The van der Waals surface area contributed by atoms with Crippen molar-refractivity contribution in [3.05, 3.63) is 42.1 Å². The molecule has 2 rings (SSSR count). The lowest BCUT2D eigenvalue weighted by atomic mass is 10.1. The fourth-order valence-corrected chi connectivity index (χ4v) is 1.39. The number of nitrogens with zero attached hydrogens (tertiary/aromatic N) is 1. The van der Waals surface area contributed by atoms with Gasteiger partial charge in [0.25, 0.3) is 0 Å². The van der Waals surface area contributed by atoms with Crippen molar-refractivity contribution in [1.82, 2.24) is 4.98 Å². The third-order valence-electron chi connectivity index (χ3n) is 2.52. The minimum atomic E-state index is -3.87. The average Bonchev–Trinajstić information content (AvgIpc) is 2.47. The first-order valence-electron chi connectivity index (χ1n) is 5.80. The Labute approximate surface area is 119 Å². The highest BCUT2D eigenvalue weighted by Gasteiger charge is 2.40. The van der Waals surface area contributed by atoms with E-state index in [0.717, 1.165) is 12.1 Å². The van der Waals surface area contributed by atoms with Crippen molar-refractivity contribution < 1.29 is 28.2 Å². The molecule has 0 unspecified atom stereocenters. The standard InChI is InChI=1S/C11H7F2NO2.C3H6O2/c12-11(13,10(15)16)8-3-4-9-7(6-8)2-1-5-14-9;1-3(4)5-2/h1-6H,(H,15,16);1-2H3. The lowest BCUT2D eigenvalue weighted by Gasteiger charge is -2.11. The number of aromatic nitrogens is 1. The molecular weight excluding hydrogens is 284 g/mol. The monoisotopic (exact) mass is 297 g/mol. The van der Waals surface area contributed by atoms with Gasteiger partial charge in [-0.05, 0) is 18.2 Å². The molecule has 0 saturated carbocycles. The van der Waals surface area contributed by atoms with Crippen LogP contribution in [0, 0.1) is 0 Å². The molecule has 0 saturated heterocycles. The SMILES string of the molecule is COC(C)=O.O=C(O)C(F)(F)c1ccc2ncccc2c1. The Balaban J connectivity index is 0.000000383. The Morgan fingerprint density at radius 3 is 2.43 bits per heavy atom. The number of methoxy groups -OCH3 is 1. The van der Waals surface area contributed by atoms with Gasteiger partial charge in [0, 0.05) is 24.1 Å². The van der Waals surface area contributed by atoms with Crippen LogP contribution in [0.3, 0.4) is 0 Å². The summed E-state index contributed by atoms with van der Waals surface area (Å²) in [6.45, 7) is 1.36. The van der Waals surface area contributed by atoms with E-state index < -0.39 is 17.5 Å². The van der Waals surface area contributed by atoms with E-state index in [4.69, 9.17) is 5.11 Å². The molecule has 1 aromatic carbocycles. The third-order valence-corrected chi connectivity index (χ3v) is 2.52. The maximum Gasteiger partial charge on any atom is 0.379 e. The molecule has 21 heavy (non-hydrogen) atoms. The van der Waals surface area contributed by atoms with Crippen LogP contribution in [0.25, 0.3) is 10.9 Å². The summed E-state index contributed by atoms with van der Waals surface area (Å²) in [6, 6.07) is 6.79. The van der Waals surface area contributed by atoms with E-state index in [1.54, 1.807) is 12.1 Å². The Morgan fingerprint density at radius 1 is 1.29 bits per heavy atom. The van der Waals surface area contributed by atoms with Crippen LogP contribution in [0.4, 0.5) is 8.78 Å². The molecule has 0 fully saturated rings. The number of carboxylic acids is 1. The van der Waals surface area contributed by atoms with Crippen molar-refractivity contribution in [2.75, 3.05) is 7.11 Å². The summed E-state index contributed by atoms with van der Waals surface area (Å²) in [5.74, 6) is -6.27. The molecule has 2 aromatic rings. The first-order chi connectivity index (χ1) is 9.78. The molecule has 5 nitrogen and oxygen atoms in total. The van der Waals surface area contributed by atoms with Crippen molar-refractivity contribution in [1.29, 1.82) is 0 Å². The third kappa shape index (κ3) is 4.20. The molecule has 0 aliphatic rings. The highest BCUT2D eigenvalue weighted by Crippen LogP contribution is 2.29. The number of benzene rings is 1. The van der Waals surface area contributed by atoms with Crippen LogP contribution in [-0.2, 0) is 20.2 Å². The summed E-state index contributed by atoms with van der Waals surface area (Å²) >= 11 is 0. The van der Waals surface area contributed by atoms with Gasteiger partial charge in [0.05, 0.1) is 12.6 Å². The molecule has 0 radical (unpaired) electrons. The first kappa shape index (κ1) is 16.5. The lowest BCUT2D eigenvalue weighted by molar-refractivity contribution is -0.166. The van der Waals surface area contributed by atoms with Crippen LogP contribution in [0.15, 0.2) is 36.5 Å². The molecule has 1 aromatic heterocycles. The van der Waals surface area contributed by atoms with E-state index in [2.05, 4.69) is 9.72 Å². The predicted octanol–water partition coefficient (Wildman–Crippen LogP) is 2.59. The fourth-order valence-electron chi connectivity index (χ4n) is 1.39. The minimum Gasteiger partial charge on any atom is -0.477 e.